The molecule has 4 rings (SSSR count). The Kier molecular flexibility index (Phi) is 6.48. The van der Waals surface area contributed by atoms with Gasteiger partial charge in [-0.1, -0.05) is 35.7 Å². The molecule has 3 heterocycles. The van der Waals surface area contributed by atoms with E-state index in [4.69, 9.17) is 9.84 Å². The lowest BCUT2D eigenvalue weighted by Crippen LogP contribution is -2.57. The molecule has 0 unspecified atom stereocenters. The number of aliphatic carboxylic acids is 1. The van der Waals surface area contributed by atoms with Crippen LogP contribution in [0.15, 0.2) is 40.0 Å². The third kappa shape index (κ3) is 4.23. The zero-order chi connectivity index (χ0) is 22.8. The predicted molar refractivity (Wildman–Crippen MR) is 113 cm³/mol. The second-order valence-electron chi connectivity index (χ2n) is 7.06. The molecule has 13 heteroatoms. The summed E-state index contributed by atoms with van der Waals surface area (Å²) in [6, 6.07) is 6.86. The maximum absolute atomic E-state index is 12.4. The summed E-state index contributed by atoms with van der Waals surface area (Å²) < 4.78 is 6.89. The third-order valence-corrected chi connectivity index (χ3v) is 7.50. The summed E-state index contributed by atoms with van der Waals surface area (Å²) in [7, 11) is 1.75. The van der Waals surface area contributed by atoms with Gasteiger partial charge in [-0.25, -0.2) is 14.3 Å². The highest BCUT2D eigenvalue weighted by Crippen LogP contribution is 2.50. The Morgan fingerprint density at radius 1 is 1.28 bits per heavy atom. The van der Waals surface area contributed by atoms with Crippen LogP contribution in [-0.4, -0.2) is 71.8 Å². The molecule has 32 heavy (non-hydrogen) atoms. The second-order valence-corrected chi connectivity index (χ2v) is 9.21. The van der Waals surface area contributed by atoms with Gasteiger partial charge in [0.15, 0.2) is 0 Å². The van der Waals surface area contributed by atoms with Gasteiger partial charge in [-0.3, -0.25) is 9.69 Å². The van der Waals surface area contributed by atoms with Crippen molar-refractivity contribution >= 4 is 41.4 Å². The van der Waals surface area contributed by atoms with E-state index in [0.29, 0.717) is 21.4 Å². The molecule has 1 amide bonds. The summed E-state index contributed by atoms with van der Waals surface area (Å²) in [6.45, 7) is -0.397. The molecule has 0 aliphatic carbocycles. The number of carboxylic acids is 1. The van der Waals surface area contributed by atoms with Gasteiger partial charge >= 0.3 is 11.9 Å². The SMILES string of the molecule is Cn1nnnc1SCc1ccc(C(=O)OCC2=C(C(=O)O)N3C(=O)[C@H](CCO)[C@H]3S2)cc1. The number of ether oxygens (including phenoxy) is 1. The first-order valence-electron chi connectivity index (χ1n) is 9.59. The third-order valence-electron chi connectivity index (χ3n) is 5.04. The van der Waals surface area contributed by atoms with Gasteiger partial charge in [0.1, 0.15) is 12.3 Å². The molecule has 0 bridgehead atoms. The van der Waals surface area contributed by atoms with Crippen molar-refractivity contribution in [2.75, 3.05) is 13.2 Å². The second kappa shape index (κ2) is 9.30. The number of carboxylic acid groups (broad SMARTS) is 1. The molecular weight excluding hydrogens is 458 g/mol. The predicted octanol–water partition coefficient (Wildman–Crippen LogP) is 0.869. The number of amides is 1. The van der Waals surface area contributed by atoms with Crippen molar-refractivity contribution in [2.45, 2.75) is 22.7 Å². The number of esters is 1. The maximum Gasteiger partial charge on any atom is 0.353 e. The van der Waals surface area contributed by atoms with E-state index < -0.39 is 17.9 Å². The summed E-state index contributed by atoms with van der Waals surface area (Å²) in [4.78, 5) is 37.8. The molecule has 2 aliphatic rings. The summed E-state index contributed by atoms with van der Waals surface area (Å²) in [5, 5.41) is 30.2. The molecule has 2 aliphatic heterocycles. The highest BCUT2D eigenvalue weighted by molar-refractivity contribution is 8.04. The van der Waals surface area contributed by atoms with Crippen molar-refractivity contribution in [3.63, 3.8) is 0 Å². The van der Waals surface area contributed by atoms with E-state index in [2.05, 4.69) is 15.5 Å². The van der Waals surface area contributed by atoms with Gasteiger partial charge in [0.05, 0.1) is 21.8 Å². The van der Waals surface area contributed by atoms with Crippen molar-refractivity contribution in [1.29, 1.82) is 0 Å². The summed E-state index contributed by atoms with van der Waals surface area (Å²) >= 11 is 2.65. The average molecular weight is 478 g/mol. The van der Waals surface area contributed by atoms with E-state index in [1.54, 1.807) is 36.0 Å². The molecule has 1 saturated heterocycles. The van der Waals surface area contributed by atoms with Crippen LogP contribution in [0, 0.1) is 5.92 Å². The van der Waals surface area contributed by atoms with E-state index in [1.807, 2.05) is 0 Å². The zero-order valence-electron chi connectivity index (χ0n) is 16.9. The van der Waals surface area contributed by atoms with Crippen LogP contribution in [-0.2, 0) is 27.1 Å². The number of fused-ring (bicyclic) bond motifs is 1. The Hall–Kier alpha value is -2.90. The van der Waals surface area contributed by atoms with Crippen molar-refractivity contribution in [2.24, 2.45) is 13.0 Å². The number of rotatable bonds is 9. The topological polar surface area (TPSA) is 148 Å². The average Bonchev–Trinajstić information content (AvgIpc) is 3.35. The van der Waals surface area contributed by atoms with Gasteiger partial charge in [0, 0.05) is 19.4 Å². The lowest BCUT2D eigenvalue weighted by atomic mass is 9.94. The molecule has 0 saturated carbocycles. The van der Waals surface area contributed by atoms with Crippen LogP contribution in [0.2, 0.25) is 0 Å². The zero-order valence-corrected chi connectivity index (χ0v) is 18.5. The minimum atomic E-state index is -1.25. The smallest absolute Gasteiger partial charge is 0.353 e. The van der Waals surface area contributed by atoms with E-state index in [1.165, 1.54) is 28.4 Å². The number of β-lactam (4-membered cyclic amide) rings is 1. The molecule has 1 aromatic heterocycles. The first-order valence-corrected chi connectivity index (χ1v) is 11.5. The van der Waals surface area contributed by atoms with Gasteiger partial charge < -0.3 is 14.9 Å². The van der Waals surface area contributed by atoms with Crippen molar-refractivity contribution in [3.8, 4) is 0 Å². The van der Waals surface area contributed by atoms with Gasteiger partial charge in [0.25, 0.3) is 0 Å². The lowest BCUT2D eigenvalue weighted by molar-refractivity contribution is -0.152. The van der Waals surface area contributed by atoms with E-state index in [-0.39, 0.29) is 36.6 Å². The first-order chi connectivity index (χ1) is 15.4. The Morgan fingerprint density at radius 2 is 2.03 bits per heavy atom. The van der Waals surface area contributed by atoms with Crippen LogP contribution in [0.3, 0.4) is 0 Å². The fourth-order valence-corrected chi connectivity index (χ4v) is 5.66. The normalized spacial score (nSPS) is 19.7. The van der Waals surface area contributed by atoms with Gasteiger partial charge in [-0.2, -0.15) is 0 Å². The van der Waals surface area contributed by atoms with Gasteiger partial charge in [-0.05, 0) is 34.5 Å². The quantitative estimate of drug-likeness (QED) is 0.301. The number of thioether (sulfide) groups is 2. The minimum absolute atomic E-state index is 0.155. The van der Waals surface area contributed by atoms with Crippen LogP contribution in [0.4, 0.5) is 0 Å². The fraction of sp³-hybridized carbons (Fsp3) is 0.368. The number of benzene rings is 1. The van der Waals surface area contributed by atoms with Crippen molar-refractivity contribution in [1.82, 2.24) is 25.1 Å². The van der Waals surface area contributed by atoms with Crippen LogP contribution in [0.5, 0.6) is 0 Å². The van der Waals surface area contributed by atoms with E-state index >= 15 is 0 Å². The number of hydrogen-bond donors (Lipinski definition) is 2. The summed E-state index contributed by atoms with van der Waals surface area (Å²) in [5.41, 5.74) is 1.14. The van der Waals surface area contributed by atoms with Gasteiger partial charge in [-0.15, -0.1) is 5.10 Å². The molecule has 0 spiro atoms. The summed E-state index contributed by atoms with van der Waals surface area (Å²) in [5.74, 6) is -1.99. The largest absolute Gasteiger partial charge is 0.477 e. The van der Waals surface area contributed by atoms with Crippen LogP contribution in [0.25, 0.3) is 0 Å². The highest BCUT2D eigenvalue weighted by Gasteiger charge is 2.55. The Labute approximate surface area is 190 Å². The molecule has 168 valence electrons. The molecule has 1 fully saturated rings. The Balaban J connectivity index is 1.35. The van der Waals surface area contributed by atoms with Crippen molar-refractivity contribution in [3.05, 3.63) is 46.0 Å². The Bertz CT molecular complexity index is 1090. The highest BCUT2D eigenvalue weighted by atomic mass is 32.2. The minimum Gasteiger partial charge on any atom is -0.477 e. The number of nitrogens with zero attached hydrogens (tertiary/aromatic N) is 5. The number of carbonyl (C=O) groups is 3. The monoisotopic (exact) mass is 477 g/mol. The molecule has 2 N–H and O–H groups in total. The molecule has 1 aromatic carbocycles. The lowest BCUT2D eigenvalue weighted by Gasteiger charge is -2.42. The molecule has 11 nitrogen and oxygen atoms in total. The van der Waals surface area contributed by atoms with Gasteiger partial charge in [0.2, 0.25) is 11.1 Å². The number of hydrogen-bond acceptors (Lipinski definition) is 10. The number of aryl methyl sites for hydroxylation is 1. The fourth-order valence-electron chi connectivity index (χ4n) is 3.40. The molecule has 2 atom stereocenters. The number of carbonyl (C=O) groups excluding carboxylic acids is 2. The summed E-state index contributed by atoms with van der Waals surface area (Å²) in [6.07, 6.45) is 0.269. The molecule has 2 aromatic rings. The van der Waals surface area contributed by atoms with E-state index in [9.17, 15) is 19.5 Å². The van der Waals surface area contributed by atoms with Crippen LogP contribution < -0.4 is 0 Å². The van der Waals surface area contributed by atoms with E-state index in [0.717, 1.165) is 5.56 Å². The van der Waals surface area contributed by atoms with Crippen molar-refractivity contribution < 1.29 is 29.3 Å². The Morgan fingerprint density at radius 3 is 2.66 bits per heavy atom. The first kappa shape index (κ1) is 22.3. The van der Waals surface area contributed by atoms with Crippen LogP contribution in [0.1, 0.15) is 22.3 Å². The number of tetrazole rings is 1. The standard InChI is InChI=1S/C19H19N5O6S2/c1-23-19(20-21-22-23)31-9-10-2-4-11(5-3-10)18(29)30-8-13-14(17(27)28)24-15(26)12(6-7-25)16(24)32-13/h2-5,12,16,25H,6-9H2,1H3,(H,27,28)/t12-,16+/m0/s1. The number of aliphatic hydroxyl groups is 1. The number of aliphatic hydroxyl groups excluding tert-OH is 1. The van der Waals surface area contributed by atoms with Crippen LogP contribution >= 0.6 is 23.5 Å². The molecular formula is C19H19N5O6S2. The maximum atomic E-state index is 12.4. The molecule has 0 radical (unpaired) electrons. The number of aromatic nitrogens is 4.